The van der Waals surface area contributed by atoms with Crippen LogP contribution < -0.4 is 14.8 Å². The summed E-state index contributed by atoms with van der Waals surface area (Å²) in [6.45, 7) is 0.599. The van der Waals surface area contributed by atoms with E-state index in [0.717, 1.165) is 33.0 Å². The van der Waals surface area contributed by atoms with Crippen LogP contribution in [0.25, 0.3) is 5.69 Å². The first-order chi connectivity index (χ1) is 18.7. The van der Waals surface area contributed by atoms with Crippen LogP contribution in [-0.4, -0.2) is 32.4 Å². The molecule has 3 aromatic carbocycles. The molecule has 6 rings (SSSR count). The number of benzene rings is 3. The number of fused-ring (bicyclic) bond motifs is 1. The molecule has 0 unspecified atom stereocenters. The Morgan fingerprint density at radius 2 is 1.74 bits per heavy atom. The van der Waals surface area contributed by atoms with Gasteiger partial charge in [0.2, 0.25) is 6.79 Å². The number of nitrogens with zero attached hydrogens (tertiary/aromatic N) is 4. The van der Waals surface area contributed by atoms with Crippen LogP contribution in [0, 0.1) is 0 Å². The number of rotatable bonds is 9. The second kappa shape index (κ2) is 11.1. The highest BCUT2D eigenvalue weighted by atomic mass is 32.2. The van der Waals surface area contributed by atoms with Crippen molar-refractivity contribution in [2.75, 3.05) is 6.79 Å². The van der Waals surface area contributed by atoms with Gasteiger partial charge in [0.1, 0.15) is 16.5 Å². The van der Waals surface area contributed by atoms with Gasteiger partial charge in [0.25, 0.3) is 5.91 Å². The van der Waals surface area contributed by atoms with E-state index in [1.54, 1.807) is 17.1 Å². The largest absolute Gasteiger partial charge is 0.454 e. The minimum Gasteiger partial charge on any atom is -0.454 e. The highest BCUT2D eigenvalue weighted by Gasteiger charge is 2.18. The number of carbonyl (C=O) groups is 1. The smallest absolute Gasteiger partial charge is 0.271 e. The lowest BCUT2D eigenvalue weighted by atomic mass is 10.1. The van der Waals surface area contributed by atoms with Crippen molar-refractivity contribution >= 4 is 29.0 Å². The molecule has 0 saturated heterocycles. The number of thioether (sulfide) groups is 1. The van der Waals surface area contributed by atoms with Gasteiger partial charge < -0.3 is 14.8 Å². The second-order valence-electron chi connectivity index (χ2n) is 8.52. The zero-order chi connectivity index (χ0) is 25.7. The molecular formula is C28H23N5O3S2. The van der Waals surface area contributed by atoms with Crippen molar-refractivity contribution in [3.63, 3.8) is 0 Å². The van der Waals surface area contributed by atoms with Crippen molar-refractivity contribution in [1.82, 2.24) is 25.1 Å². The van der Waals surface area contributed by atoms with Crippen LogP contribution in [0.3, 0.4) is 0 Å². The van der Waals surface area contributed by atoms with Crippen molar-refractivity contribution in [2.45, 2.75) is 23.9 Å². The minimum absolute atomic E-state index is 0.215. The fourth-order valence-corrected chi connectivity index (χ4v) is 5.82. The van der Waals surface area contributed by atoms with Gasteiger partial charge in [-0.15, -0.1) is 21.5 Å². The van der Waals surface area contributed by atoms with Gasteiger partial charge in [0.15, 0.2) is 16.7 Å². The summed E-state index contributed by atoms with van der Waals surface area (Å²) < 4.78 is 12.8. The Morgan fingerprint density at radius 1 is 0.947 bits per heavy atom. The average Bonchev–Trinajstić information content (AvgIpc) is 3.71. The van der Waals surface area contributed by atoms with Crippen molar-refractivity contribution in [3.8, 4) is 17.2 Å². The lowest BCUT2D eigenvalue weighted by Crippen LogP contribution is -2.23. The molecule has 0 bridgehead atoms. The minimum atomic E-state index is -0.215. The Hall–Kier alpha value is -4.15. The topological polar surface area (TPSA) is 91.2 Å². The van der Waals surface area contributed by atoms with E-state index >= 15 is 0 Å². The van der Waals surface area contributed by atoms with Gasteiger partial charge in [-0.2, -0.15) is 0 Å². The zero-order valence-electron chi connectivity index (χ0n) is 20.2. The third-order valence-corrected chi connectivity index (χ3v) is 7.89. The number of amides is 1. The summed E-state index contributed by atoms with van der Waals surface area (Å²) in [5.41, 5.74) is 3.51. The van der Waals surface area contributed by atoms with Gasteiger partial charge in [0.05, 0.1) is 5.75 Å². The summed E-state index contributed by atoms with van der Waals surface area (Å²) >= 11 is 3.01. The molecule has 10 heteroatoms. The maximum Gasteiger partial charge on any atom is 0.271 e. The van der Waals surface area contributed by atoms with Gasteiger partial charge in [-0.3, -0.25) is 9.36 Å². The van der Waals surface area contributed by atoms with Crippen LogP contribution in [0.5, 0.6) is 11.5 Å². The molecule has 3 heterocycles. The predicted molar refractivity (Wildman–Crippen MR) is 146 cm³/mol. The molecule has 1 aliphatic rings. The molecule has 0 aliphatic carbocycles. The Labute approximate surface area is 227 Å². The SMILES string of the molecule is O=C(NCc1ccc2c(c1)OCO2)c1csc(CSc2nnc(Cc3ccccc3)n2-c2ccccc2)n1. The molecule has 0 spiro atoms. The molecule has 5 aromatic rings. The summed E-state index contributed by atoms with van der Waals surface area (Å²) in [6.07, 6.45) is 0.675. The first kappa shape index (κ1) is 24.2. The van der Waals surface area contributed by atoms with E-state index in [4.69, 9.17) is 9.47 Å². The number of aromatic nitrogens is 4. The molecule has 0 saturated carbocycles. The van der Waals surface area contributed by atoms with E-state index in [-0.39, 0.29) is 12.7 Å². The number of nitrogens with one attached hydrogen (secondary N) is 1. The van der Waals surface area contributed by atoms with Gasteiger partial charge >= 0.3 is 0 Å². The zero-order valence-corrected chi connectivity index (χ0v) is 21.9. The highest BCUT2D eigenvalue weighted by molar-refractivity contribution is 7.98. The average molecular weight is 542 g/mol. The summed E-state index contributed by atoms with van der Waals surface area (Å²) in [4.78, 5) is 17.3. The number of hydrogen-bond donors (Lipinski definition) is 1. The van der Waals surface area contributed by atoms with E-state index in [2.05, 4.69) is 37.2 Å². The number of hydrogen-bond acceptors (Lipinski definition) is 8. The maximum absolute atomic E-state index is 12.7. The number of thiazole rings is 1. The fraction of sp³-hybridized carbons (Fsp3) is 0.143. The van der Waals surface area contributed by atoms with Crippen molar-refractivity contribution in [2.24, 2.45) is 0 Å². The standard InChI is InChI=1S/C28H23N5O3S2/c34-27(29-15-20-11-12-23-24(13-20)36-18-35-23)22-16-37-26(30-22)17-38-28-32-31-25(14-19-7-3-1-4-8-19)33(28)21-9-5-2-6-10-21/h1-13,16H,14-15,17-18H2,(H,29,34). The molecule has 1 amide bonds. The molecule has 0 radical (unpaired) electrons. The van der Waals surface area contributed by atoms with Gasteiger partial charge in [-0.05, 0) is 35.4 Å². The van der Waals surface area contributed by atoms with E-state index in [1.807, 2.05) is 66.7 Å². The van der Waals surface area contributed by atoms with Crippen LogP contribution in [0.2, 0.25) is 0 Å². The Bertz CT molecular complexity index is 1550. The number of ether oxygens (including phenoxy) is 2. The lowest BCUT2D eigenvalue weighted by molar-refractivity contribution is 0.0946. The Kier molecular flexibility index (Phi) is 7.05. The molecule has 1 aliphatic heterocycles. The van der Waals surface area contributed by atoms with E-state index in [1.165, 1.54) is 16.9 Å². The lowest BCUT2D eigenvalue weighted by Gasteiger charge is -2.10. The van der Waals surface area contributed by atoms with Crippen molar-refractivity contribution in [1.29, 1.82) is 0 Å². The third-order valence-electron chi connectivity index (χ3n) is 5.92. The molecule has 38 heavy (non-hydrogen) atoms. The first-order valence-electron chi connectivity index (χ1n) is 12.0. The Balaban J connectivity index is 1.12. The van der Waals surface area contributed by atoms with Crippen LogP contribution >= 0.6 is 23.1 Å². The molecule has 2 aromatic heterocycles. The predicted octanol–water partition coefficient (Wildman–Crippen LogP) is 5.27. The van der Waals surface area contributed by atoms with E-state index < -0.39 is 0 Å². The monoisotopic (exact) mass is 541 g/mol. The van der Waals surface area contributed by atoms with E-state index in [0.29, 0.717) is 30.2 Å². The second-order valence-corrected chi connectivity index (χ2v) is 10.4. The van der Waals surface area contributed by atoms with E-state index in [9.17, 15) is 4.79 Å². The molecule has 0 atom stereocenters. The van der Waals surface area contributed by atoms with Crippen LogP contribution in [0.15, 0.2) is 89.4 Å². The summed E-state index contributed by atoms with van der Waals surface area (Å²) in [6, 6.07) is 26.0. The number of para-hydroxylation sites is 1. The van der Waals surface area contributed by atoms with Gasteiger partial charge in [-0.1, -0.05) is 66.4 Å². The Morgan fingerprint density at radius 3 is 2.58 bits per heavy atom. The highest BCUT2D eigenvalue weighted by Crippen LogP contribution is 2.32. The normalized spacial score (nSPS) is 12.0. The van der Waals surface area contributed by atoms with Crippen LogP contribution in [0.4, 0.5) is 0 Å². The summed E-state index contributed by atoms with van der Waals surface area (Å²) in [5, 5.41) is 15.3. The summed E-state index contributed by atoms with van der Waals surface area (Å²) in [5.74, 6) is 2.65. The third kappa shape index (κ3) is 5.41. The quantitative estimate of drug-likeness (QED) is 0.254. The molecular weight excluding hydrogens is 518 g/mol. The van der Waals surface area contributed by atoms with Gasteiger partial charge in [0, 0.05) is 24.0 Å². The maximum atomic E-state index is 12.7. The molecule has 1 N–H and O–H groups in total. The first-order valence-corrected chi connectivity index (χ1v) is 13.9. The fourth-order valence-electron chi connectivity index (χ4n) is 4.05. The van der Waals surface area contributed by atoms with Crippen LogP contribution in [0.1, 0.15) is 32.4 Å². The number of carbonyl (C=O) groups excluding carboxylic acids is 1. The van der Waals surface area contributed by atoms with Gasteiger partial charge in [-0.25, -0.2) is 4.98 Å². The molecule has 190 valence electrons. The summed E-state index contributed by atoms with van der Waals surface area (Å²) in [7, 11) is 0. The van der Waals surface area contributed by atoms with Crippen LogP contribution in [-0.2, 0) is 18.7 Å². The molecule has 0 fully saturated rings. The van der Waals surface area contributed by atoms with Crippen molar-refractivity contribution in [3.05, 3.63) is 112 Å². The van der Waals surface area contributed by atoms with Crippen molar-refractivity contribution < 1.29 is 14.3 Å². The molecule has 8 nitrogen and oxygen atoms in total.